The smallest absolute Gasteiger partial charge is 0.265 e. The molecule has 29 heavy (non-hydrogen) atoms. The topological polar surface area (TPSA) is 62.7 Å². The van der Waals surface area contributed by atoms with Crippen molar-refractivity contribution in [1.82, 2.24) is 9.88 Å². The predicted octanol–water partition coefficient (Wildman–Crippen LogP) is 3.89. The summed E-state index contributed by atoms with van der Waals surface area (Å²) in [5.41, 5.74) is -0.0941. The summed E-state index contributed by atoms with van der Waals surface area (Å²) in [4.78, 5) is 18.7. The van der Waals surface area contributed by atoms with Crippen molar-refractivity contribution in [2.45, 2.75) is 76.9 Å². The minimum atomic E-state index is -2.52. The summed E-state index contributed by atoms with van der Waals surface area (Å²) in [5.74, 6) is 0.600. The minimum absolute atomic E-state index is 0.0166. The molecule has 1 saturated heterocycles. The predicted molar refractivity (Wildman–Crippen MR) is 104 cm³/mol. The van der Waals surface area contributed by atoms with Crippen molar-refractivity contribution < 1.29 is 23.4 Å². The molecule has 0 atom stereocenters. The largest absolute Gasteiger partial charge is 0.474 e. The van der Waals surface area contributed by atoms with Crippen LogP contribution in [0.25, 0.3) is 0 Å². The quantitative estimate of drug-likeness (QED) is 0.803. The van der Waals surface area contributed by atoms with Crippen LogP contribution in [0.3, 0.4) is 0 Å². The first-order valence-corrected chi connectivity index (χ1v) is 10.7. The molecular formula is C22H30F2N2O3. The Labute approximate surface area is 170 Å². The van der Waals surface area contributed by atoms with Gasteiger partial charge in [0.25, 0.3) is 6.43 Å². The van der Waals surface area contributed by atoms with Crippen molar-refractivity contribution in [3.63, 3.8) is 0 Å². The van der Waals surface area contributed by atoms with Crippen LogP contribution in [0, 0.1) is 11.3 Å². The average molecular weight is 408 g/mol. The van der Waals surface area contributed by atoms with Gasteiger partial charge in [-0.25, -0.2) is 13.8 Å². The van der Waals surface area contributed by atoms with Gasteiger partial charge in [-0.05, 0) is 57.9 Å². The third-order valence-electron chi connectivity index (χ3n) is 6.92. The number of ether oxygens (including phenoxy) is 1. The molecule has 0 aromatic carbocycles. The summed E-state index contributed by atoms with van der Waals surface area (Å²) < 4.78 is 32.0. The number of hydrogen-bond donors (Lipinski definition) is 1. The zero-order valence-corrected chi connectivity index (χ0v) is 17.2. The second-order valence-electron chi connectivity index (χ2n) is 9.45. The molecule has 1 N–H and O–H groups in total. The molecule has 4 rings (SSSR count). The number of rotatable bonds is 5. The third kappa shape index (κ3) is 4.11. The van der Waals surface area contributed by atoms with Crippen molar-refractivity contribution in [2.75, 3.05) is 13.1 Å². The van der Waals surface area contributed by atoms with Crippen LogP contribution < -0.4 is 4.74 Å². The monoisotopic (exact) mass is 408 g/mol. The van der Waals surface area contributed by atoms with Crippen molar-refractivity contribution in [3.05, 3.63) is 23.4 Å². The first-order chi connectivity index (χ1) is 13.7. The molecule has 2 saturated carbocycles. The molecule has 2 heterocycles. The maximum atomic E-state index is 13.0. The van der Waals surface area contributed by atoms with Crippen LogP contribution in [-0.4, -0.2) is 45.7 Å². The Kier molecular flexibility index (Phi) is 5.30. The lowest BCUT2D eigenvalue weighted by Crippen LogP contribution is -2.63. The fourth-order valence-corrected chi connectivity index (χ4v) is 5.20. The highest BCUT2D eigenvalue weighted by molar-refractivity contribution is 5.81. The van der Waals surface area contributed by atoms with Gasteiger partial charge in [-0.3, -0.25) is 4.79 Å². The van der Waals surface area contributed by atoms with Gasteiger partial charge in [-0.1, -0.05) is 6.92 Å². The lowest BCUT2D eigenvalue weighted by atomic mass is 9.66. The molecule has 2 aliphatic carbocycles. The van der Waals surface area contributed by atoms with E-state index in [0.717, 1.165) is 38.8 Å². The molecule has 0 bridgehead atoms. The number of carbonyl (C=O) groups is 1. The lowest BCUT2D eigenvalue weighted by molar-refractivity contribution is -0.164. The molecule has 1 aromatic rings. The van der Waals surface area contributed by atoms with Crippen LogP contribution in [0.5, 0.6) is 5.88 Å². The Hall–Kier alpha value is -1.76. The van der Waals surface area contributed by atoms with E-state index in [1.807, 2.05) is 11.8 Å². The van der Waals surface area contributed by atoms with Crippen LogP contribution in [-0.2, 0) is 11.2 Å². The Balaban J connectivity index is 1.26. The summed E-state index contributed by atoms with van der Waals surface area (Å²) in [7, 11) is 0. The van der Waals surface area contributed by atoms with Crippen molar-refractivity contribution in [2.24, 2.45) is 11.3 Å². The Morgan fingerprint density at radius 1 is 1.31 bits per heavy atom. The SMILES string of the molecule is CCc1nc(OC2CCC3(CC2)CN(C(=O)C2CC(C)(O)C2)C3)ccc1C(F)F. The normalized spacial score (nSPS) is 28.9. The molecular weight excluding hydrogens is 378 g/mol. The number of amides is 1. The number of aryl methyl sites for hydroxylation is 1. The van der Waals surface area contributed by atoms with E-state index >= 15 is 0 Å². The van der Waals surface area contributed by atoms with Gasteiger partial charge in [0, 0.05) is 36.1 Å². The molecule has 3 aliphatic rings. The molecule has 0 radical (unpaired) electrons. The molecule has 0 unspecified atom stereocenters. The highest BCUT2D eigenvalue weighted by Crippen LogP contribution is 2.47. The van der Waals surface area contributed by atoms with Crippen molar-refractivity contribution in [1.29, 1.82) is 0 Å². The molecule has 5 nitrogen and oxygen atoms in total. The Morgan fingerprint density at radius 2 is 1.97 bits per heavy atom. The Morgan fingerprint density at radius 3 is 2.52 bits per heavy atom. The molecule has 160 valence electrons. The molecule has 1 amide bonds. The van der Waals surface area contributed by atoms with Gasteiger partial charge in [-0.15, -0.1) is 0 Å². The van der Waals surface area contributed by atoms with E-state index < -0.39 is 12.0 Å². The first-order valence-electron chi connectivity index (χ1n) is 10.7. The lowest BCUT2D eigenvalue weighted by Gasteiger charge is -2.55. The van der Waals surface area contributed by atoms with E-state index in [1.54, 1.807) is 13.0 Å². The molecule has 1 aromatic heterocycles. The van der Waals surface area contributed by atoms with Gasteiger partial charge in [0.1, 0.15) is 6.10 Å². The highest BCUT2D eigenvalue weighted by atomic mass is 19.3. The van der Waals surface area contributed by atoms with Gasteiger partial charge in [0.2, 0.25) is 11.8 Å². The summed E-state index contributed by atoms with van der Waals surface area (Å²) in [6.45, 7) is 5.21. The summed E-state index contributed by atoms with van der Waals surface area (Å²) in [5, 5.41) is 9.85. The maximum Gasteiger partial charge on any atom is 0.265 e. The average Bonchev–Trinajstić information content (AvgIpc) is 2.64. The molecule has 3 fully saturated rings. The minimum Gasteiger partial charge on any atom is -0.474 e. The van der Waals surface area contributed by atoms with Crippen molar-refractivity contribution in [3.8, 4) is 5.88 Å². The number of halogens is 2. The summed E-state index contributed by atoms with van der Waals surface area (Å²) >= 11 is 0. The van der Waals surface area contributed by atoms with Gasteiger partial charge in [-0.2, -0.15) is 0 Å². The number of hydrogen-bond acceptors (Lipinski definition) is 4. The van der Waals surface area contributed by atoms with E-state index in [0.29, 0.717) is 30.8 Å². The van der Waals surface area contributed by atoms with Gasteiger partial charge >= 0.3 is 0 Å². The number of likely N-dealkylation sites (tertiary alicyclic amines) is 1. The standard InChI is InChI=1S/C22H30F2N2O3/c1-3-17-16(19(23)24)4-5-18(25-17)29-15-6-8-22(9-7-15)12-26(13-22)20(27)14-10-21(2,28)11-14/h4-5,14-15,19,28H,3,6-13H2,1-2H3. The van der Waals surface area contributed by atoms with Crippen LogP contribution in [0.2, 0.25) is 0 Å². The fourth-order valence-electron chi connectivity index (χ4n) is 5.20. The van der Waals surface area contributed by atoms with Crippen molar-refractivity contribution >= 4 is 5.91 Å². The number of aliphatic hydroxyl groups is 1. The number of alkyl halides is 2. The van der Waals surface area contributed by atoms with E-state index in [2.05, 4.69) is 4.98 Å². The first kappa shape index (κ1) is 20.5. The number of nitrogens with zero attached hydrogens (tertiary/aromatic N) is 2. The number of aromatic nitrogens is 1. The fraction of sp³-hybridized carbons (Fsp3) is 0.727. The van der Waals surface area contributed by atoms with Crippen LogP contribution >= 0.6 is 0 Å². The van der Waals surface area contributed by atoms with Gasteiger partial charge in [0.15, 0.2) is 0 Å². The highest BCUT2D eigenvalue weighted by Gasteiger charge is 2.51. The van der Waals surface area contributed by atoms with E-state index in [1.165, 1.54) is 6.07 Å². The molecule has 1 spiro atoms. The maximum absolute atomic E-state index is 13.0. The van der Waals surface area contributed by atoms with Gasteiger partial charge < -0.3 is 14.7 Å². The van der Waals surface area contributed by atoms with Crippen LogP contribution in [0.15, 0.2) is 12.1 Å². The number of pyridine rings is 1. The second kappa shape index (κ2) is 7.49. The number of carbonyl (C=O) groups excluding carboxylic acids is 1. The van der Waals surface area contributed by atoms with Crippen LogP contribution in [0.1, 0.15) is 70.1 Å². The Bertz CT molecular complexity index is 759. The zero-order chi connectivity index (χ0) is 20.8. The van der Waals surface area contributed by atoms with Crippen LogP contribution in [0.4, 0.5) is 8.78 Å². The van der Waals surface area contributed by atoms with E-state index in [-0.39, 0.29) is 28.9 Å². The second-order valence-corrected chi connectivity index (χ2v) is 9.45. The summed E-state index contributed by atoms with van der Waals surface area (Å²) in [6, 6.07) is 2.96. The van der Waals surface area contributed by atoms with E-state index in [9.17, 15) is 18.7 Å². The van der Waals surface area contributed by atoms with Gasteiger partial charge in [0.05, 0.1) is 11.3 Å². The summed E-state index contributed by atoms with van der Waals surface area (Å²) in [6.07, 6.45) is 2.90. The van der Waals surface area contributed by atoms with E-state index in [4.69, 9.17) is 4.74 Å². The zero-order valence-electron chi connectivity index (χ0n) is 17.2. The third-order valence-corrected chi connectivity index (χ3v) is 6.92. The molecule has 1 aliphatic heterocycles. The molecule has 7 heteroatoms.